The number of hydrogen-bond acceptors (Lipinski definition) is 2. The number of rotatable bonds is 1. The minimum absolute atomic E-state index is 1.04. The van der Waals surface area contributed by atoms with Gasteiger partial charge in [0.2, 0.25) is 0 Å². The normalized spacial score (nSPS) is 13.1. The zero-order valence-corrected chi connectivity index (χ0v) is 7.61. The van der Waals surface area contributed by atoms with Crippen LogP contribution in [0.5, 0.6) is 0 Å². The van der Waals surface area contributed by atoms with Crippen LogP contribution >= 0.6 is 11.5 Å². The average Bonchev–Trinajstić information content (AvgIpc) is 2.29. The predicted octanol–water partition coefficient (Wildman–Crippen LogP) is 1.22. The van der Waals surface area contributed by atoms with Gasteiger partial charge in [-0.05, 0) is 25.4 Å². The van der Waals surface area contributed by atoms with Crippen LogP contribution in [0.15, 0.2) is 12.2 Å². The molecule has 2 heteroatoms. The number of hydrogen-bond donors (Lipinski definition) is 0. The topological polar surface area (TPSA) is 12.9 Å². The van der Waals surface area contributed by atoms with Crippen molar-refractivity contribution in [1.82, 2.24) is 4.37 Å². The van der Waals surface area contributed by atoms with Crippen LogP contribution in [-0.4, -0.2) is 4.37 Å². The van der Waals surface area contributed by atoms with Crippen molar-refractivity contribution in [2.75, 3.05) is 0 Å². The molecule has 0 radical (unpaired) electrons. The van der Waals surface area contributed by atoms with Gasteiger partial charge in [0.25, 0.3) is 0 Å². The molecule has 0 aliphatic heterocycles. The second kappa shape index (κ2) is 3.49. The number of aryl methyl sites for hydroxylation is 1. The summed E-state index contributed by atoms with van der Waals surface area (Å²) in [4.78, 5) is 0. The number of allylic oxidation sites excluding steroid dienone is 2. The van der Waals surface area contributed by atoms with Gasteiger partial charge in [-0.25, -0.2) is 0 Å². The zero-order valence-electron chi connectivity index (χ0n) is 6.79. The highest BCUT2D eigenvalue weighted by molar-refractivity contribution is 7.03. The van der Waals surface area contributed by atoms with Crippen molar-refractivity contribution in [2.24, 2.45) is 0 Å². The summed E-state index contributed by atoms with van der Waals surface area (Å²) >= 11 is 1.46. The molecule has 0 N–H and O–H groups in total. The summed E-state index contributed by atoms with van der Waals surface area (Å²) in [5, 5.41) is 1.16. The lowest BCUT2D eigenvalue weighted by molar-refractivity contribution is 1.31. The van der Waals surface area contributed by atoms with Gasteiger partial charge >= 0.3 is 0 Å². The Balaban J connectivity index is 3.31. The molecule has 0 atom stereocenters. The lowest BCUT2D eigenvalue weighted by atomic mass is 10.3. The Kier molecular flexibility index (Phi) is 2.60. The maximum Gasteiger partial charge on any atom is 0.0589 e. The summed E-state index contributed by atoms with van der Waals surface area (Å²) in [6, 6.07) is 0. The van der Waals surface area contributed by atoms with Gasteiger partial charge in [0.1, 0.15) is 0 Å². The Labute approximate surface area is 70.6 Å². The lowest BCUT2D eigenvalue weighted by Gasteiger charge is -1.77. The first kappa shape index (κ1) is 8.21. The van der Waals surface area contributed by atoms with Crippen molar-refractivity contribution in [3.8, 4) is 0 Å². The molecule has 1 rings (SSSR count). The molecule has 0 saturated carbocycles. The van der Waals surface area contributed by atoms with E-state index in [0.717, 1.165) is 15.4 Å². The largest absolute Gasteiger partial charge is 0.197 e. The first-order valence-corrected chi connectivity index (χ1v) is 4.27. The van der Waals surface area contributed by atoms with Gasteiger partial charge in [0.15, 0.2) is 0 Å². The summed E-state index contributed by atoms with van der Waals surface area (Å²) in [6.07, 6.45) is 6.04. The fourth-order valence-electron chi connectivity index (χ4n) is 0.830. The van der Waals surface area contributed by atoms with Crippen molar-refractivity contribution in [1.29, 1.82) is 0 Å². The van der Waals surface area contributed by atoms with Crippen molar-refractivity contribution in [2.45, 2.75) is 13.8 Å². The maximum absolute atomic E-state index is 4.18. The third-order valence-electron chi connectivity index (χ3n) is 1.44. The van der Waals surface area contributed by atoms with E-state index in [9.17, 15) is 0 Å². The third kappa shape index (κ3) is 1.77. The summed E-state index contributed by atoms with van der Waals surface area (Å²) in [6.45, 7) is 7.88. The molecule has 0 unspecified atom stereocenters. The van der Waals surface area contributed by atoms with Crippen LogP contribution in [-0.2, 0) is 0 Å². The van der Waals surface area contributed by atoms with E-state index in [1.807, 2.05) is 32.1 Å². The van der Waals surface area contributed by atoms with E-state index in [2.05, 4.69) is 11.0 Å². The molecule has 0 aliphatic carbocycles. The van der Waals surface area contributed by atoms with Crippen molar-refractivity contribution < 1.29 is 0 Å². The Hall–Kier alpha value is -0.890. The molecule has 0 bridgehead atoms. The predicted molar refractivity (Wildman–Crippen MR) is 50.9 cm³/mol. The second-order valence-electron chi connectivity index (χ2n) is 2.30. The highest BCUT2D eigenvalue weighted by atomic mass is 32.1. The van der Waals surface area contributed by atoms with E-state index in [1.165, 1.54) is 11.5 Å². The van der Waals surface area contributed by atoms with E-state index in [0.29, 0.717) is 0 Å². The highest BCUT2D eigenvalue weighted by Crippen LogP contribution is 1.82. The molecule has 0 aromatic carbocycles. The van der Waals surface area contributed by atoms with Gasteiger partial charge < -0.3 is 0 Å². The Morgan fingerprint density at radius 2 is 2.27 bits per heavy atom. The van der Waals surface area contributed by atoms with Gasteiger partial charge in [-0.2, -0.15) is 4.37 Å². The van der Waals surface area contributed by atoms with Gasteiger partial charge in [-0.15, -0.1) is 0 Å². The first-order chi connectivity index (χ1) is 5.25. The molecule has 1 nitrogen and oxygen atoms in total. The SMILES string of the molecule is C=c1snc(C)/c1=C/C=C\C. The van der Waals surface area contributed by atoms with Crippen molar-refractivity contribution in [3.63, 3.8) is 0 Å². The van der Waals surface area contributed by atoms with E-state index >= 15 is 0 Å². The molecular weight excluding hydrogens is 154 g/mol. The van der Waals surface area contributed by atoms with Crippen molar-refractivity contribution in [3.05, 3.63) is 27.6 Å². The summed E-state index contributed by atoms with van der Waals surface area (Å²) in [7, 11) is 0. The Bertz CT molecular complexity index is 359. The van der Waals surface area contributed by atoms with Gasteiger partial charge in [0, 0.05) is 9.75 Å². The van der Waals surface area contributed by atoms with Crippen molar-refractivity contribution >= 4 is 24.2 Å². The highest BCUT2D eigenvalue weighted by Gasteiger charge is 1.90. The quantitative estimate of drug-likeness (QED) is 0.609. The second-order valence-corrected chi connectivity index (χ2v) is 3.16. The van der Waals surface area contributed by atoms with Crippen LogP contribution in [0.25, 0.3) is 12.7 Å². The fourth-order valence-corrected chi connectivity index (χ4v) is 1.49. The van der Waals surface area contributed by atoms with Gasteiger partial charge in [0.05, 0.1) is 5.69 Å². The number of nitrogens with zero attached hydrogens (tertiary/aromatic N) is 1. The molecule has 1 heterocycles. The molecule has 0 saturated heterocycles. The minimum atomic E-state index is 1.04. The van der Waals surface area contributed by atoms with Crippen LogP contribution in [0.3, 0.4) is 0 Å². The first-order valence-electron chi connectivity index (χ1n) is 3.50. The smallest absolute Gasteiger partial charge is 0.0589 e. The maximum atomic E-state index is 4.18. The lowest BCUT2D eigenvalue weighted by Crippen LogP contribution is -2.18. The third-order valence-corrected chi connectivity index (χ3v) is 2.24. The molecule has 11 heavy (non-hydrogen) atoms. The molecule has 0 fully saturated rings. The number of aromatic nitrogens is 1. The molecule has 1 aromatic heterocycles. The molecule has 1 aromatic rings. The van der Waals surface area contributed by atoms with Crippen LogP contribution in [0.1, 0.15) is 12.6 Å². The van der Waals surface area contributed by atoms with E-state index in [-0.39, 0.29) is 0 Å². The fraction of sp³-hybridized carbons (Fsp3) is 0.222. The van der Waals surface area contributed by atoms with Crippen LogP contribution in [0.2, 0.25) is 0 Å². The molecule has 0 amide bonds. The standard InChI is InChI=1S/C9H11NS/c1-4-5-6-9-7(2)10-11-8(9)3/h4-6H,3H2,1-2H3/b5-4-,9-6-. The summed E-state index contributed by atoms with van der Waals surface area (Å²) in [5.74, 6) is 0. The van der Waals surface area contributed by atoms with E-state index in [1.54, 1.807) is 0 Å². The van der Waals surface area contributed by atoms with Crippen LogP contribution in [0.4, 0.5) is 0 Å². The Morgan fingerprint density at radius 3 is 2.73 bits per heavy atom. The van der Waals surface area contributed by atoms with Gasteiger partial charge in [-0.3, -0.25) is 0 Å². The monoisotopic (exact) mass is 165 g/mol. The minimum Gasteiger partial charge on any atom is -0.197 e. The van der Waals surface area contributed by atoms with Gasteiger partial charge in [-0.1, -0.05) is 24.8 Å². The summed E-state index contributed by atoms with van der Waals surface area (Å²) in [5.41, 5.74) is 1.07. The van der Waals surface area contributed by atoms with Crippen LogP contribution < -0.4 is 9.75 Å². The van der Waals surface area contributed by atoms with E-state index in [4.69, 9.17) is 0 Å². The zero-order chi connectivity index (χ0) is 8.27. The van der Waals surface area contributed by atoms with Crippen LogP contribution in [0, 0.1) is 6.92 Å². The molecular formula is C9H11NS. The van der Waals surface area contributed by atoms with E-state index < -0.39 is 0 Å². The average molecular weight is 165 g/mol. The molecule has 58 valence electrons. The molecule has 0 spiro atoms. The summed E-state index contributed by atoms with van der Waals surface area (Å²) < 4.78 is 5.23. The molecule has 0 aliphatic rings. The Morgan fingerprint density at radius 1 is 1.55 bits per heavy atom.